The van der Waals surface area contributed by atoms with Crippen LogP contribution in [0, 0.1) is 11.8 Å². The molecule has 8 heteroatoms. The molecular formula is C18H14O8. The van der Waals surface area contributed by atoms with Crippen LogP contribution in [0.2, 0.25) is 0 Å². The molecule has 0 fully saturated rings. The van der Waals surface area contributed by atoms with E-state index in [1.165, 1.54) is 12.1 Å². The Hall–Kier alpha value is -3.70. The third-order valence-electron chi connectivity index (χ3n) is 3.13. The number of carbonyl (C=O) groups is 2. The third kappa shape index (κ3) is 4.66. The molecule has 0 saturated carbocycles. The number of carbonyl (C=O) groups excluding carboxylic acids is 2. The van der Waals surface area contributed by atoms with Crippen LogP contribution in [-0.2, 0) is 9.53 Å². The standard InChI is InChI=1S/C18H14O8/c19-12-4-10(5-13(20)8-12)2-1-3-26-9-16(23)17(24)11-6-14(21)18(25)15(22)7-11/h4-8,19-22,25H,3,9H2. The van der Waals surface area contributed by atoms with Gasteiger partial charge in [-0.3, -0.25) is 9.59 Å². The SMILES string of the molecule is O=C(COCC#Cc1cc(O)cc(O)c1)C(=O)c1cc(O)c(O)c(O)c1. The lowest BCUT2D eigenvalue weighted by Crippen LogP contribution is -2.20. The van der Waals surface area contributed by atoms with Crippen molar-refractivity contribution in [1.82, 2.24) is 0 Å². The summed E-state index contributed by atoms with van der Waals surface area (Å²) in [4.78, 5) is 23.7. The van der Waals surface area contributed by atoms with E-state index in [1.54, 1.807) is 0 Å². The van der Waals surface area contributed by atoms with E-state index < -0.39 is 35.4 Å². The van der Waals surface area contributed by atoms with Crippen LogP contribution in [0.5, 0.6) is 28.7 Å². The van der Waals surface area contributed by atoms with Crippen molar-refractivity contribution in [3.05, 3.63) is 41.5 Å². The molecule has 0 heterocycles. The lowest BCUT2D eigenvalue weighted by atomic mass is 10.1. The van der Waals surface area contributed by atoms with Crippen molar-refractivity contribution in [2.24, 2.45) is 0 Å². The van der Waals surface area contributed by atoms with Gasteiger partial charge in [-0.05, 0) is 24.3 Å². The van der Waals surface area contributed by atoms with Crippen molar-refractivity contribution < 1.29 is 39.9 Å². The molecule has 5 N–H and O–H groups in total. The second-order valence-electron chi connectivity index (χ2n) is 5.15. The first kappa shape index (κ1) is 18.6. The first-order valence-corrected chi connectivity index (χ1v) is 7.20. The first-order valence-electron chi connectivity index (χ1n) is 7.20. The quantitative estimate of drug-likeness (QED) is 0.175. The smallest absolute Gasteiger partial charge is 0.231 e. The Balaban J connectivity index is 1.91. The molecule has 26 heavy (non-hydrogen) atoms. The number of phenols is 5. The second-order valence-corrected chi connectivity index (χ2v) is 5.15. The van der Waals surface area contributed by atoms with Gasteiger partial charge in [0.05, 0.1) is 0 Å². The second kappa shape index (κ2) is 7.92. The van der Waals surface area contributed by atoms with Crippen LogP contribution in [0.15, 0.2) is 30.3 Å². The van der Waals surface area contributed by atoms with Crippen molar-refractivity contribution in [2.45, 2.75) is 0 Å². The molecule has 0 unspecified atom stereocenters. The van der Waals surface area contributed by atoms with Crippen LogP contribution < -0.4 is 0 Å². The highest BCUT2D eigenvalue weighted by molar-refractivity contribution is 6.44. The van der Waals surface area contributed by atoms with Gasteiger partial charge in [0.25, 0.3) is 0 Å². The minimum absolute atomic E-state index is 0.156. The summed E-state index contributed by atoms with van der Waals surface area (Å²) in [6.07, 6.45) is 0. The first-order chi connectivity index (χ1) is 12.3. The largest absolute Gasteiger partial charge is 0.508 e. The molecule has 8 nitrogen and oxygen atoms in total. The number of benzene rings is 2. The van der Waals surface area contributed by atoms with Gasteiger partial charge in [0.15, 0.2) is 17.2 Å². The van der Waals surface area contributed by atoms with Crippen LogP contribution >= 0.6 is 0 Å². The maximum atomic E-state index is 11.9. The fraction of sp³-hybridized carbons (Fsp3) is 0.111. The predicted octanol–water partition coefficient (Wildman–Crippen LogP) is 1.03. The Labute approximate surface area is 147 Å². The molecule has 0 aliphatic heterocycles. The zero-order valence-electron chi connectivity index (χ0n) is 13.3. The van der Waals surface area contributed by atoms with Gasteiger partial charge in [0.1, 0.15) is 24.7 Å². The number of hydrogen-bond donors (Lipinski definition) is 5. The van der Waals surface area contributed by atoms with Crippen molar-refractivity contribution >= 4 is 11.6 Å². The molecule has 0 amide bonds. The van der Waals surface area contributed by atoms with Crippen LogP contribution in [0.25, 0.3) is 0 Å². The third-order valence-corrected chi connectivity index (χ3v) is 3.13. The van der Waals surface area contributed by atoms with Gasteiger partial charge in [-0.1, -0.05) is 11.8 Å². The molecule has 2 rings (SSSR count). The van der Waals surface area contributed by atoms with E-state index in [4.69, 9.17) is 4.74 Å². The normalized spacial score (nSPS) is 10.0. The van der Waals surface area contributed by atoms with Crippen molar-refractivity contribution in [3.63, 3.8) is 0 Å². The summed E-state index contributed by atoms with van der Waals surface area (Å²) in [6, 6.07) is 5.49. The number of phenolic OH excluding ortho intramolecular Hbond substituents is 5. The highest BCUT2D eigenvalue weighted by Crippen LogP contribution is 2.35. The number of aromatic hydroxyl groups is 5. The Kier molecular flexibility index (Phi) is 5.67. The van der Waals surface area contributed by atoms with Gasteiger partial charge in [0.2, 0.25) is 11.6 Å². The summed E-state index contributed by atoms with van der Waals surface area (Å²) in [5.74, 6) is 0.617. The summed E-state index contributed by atoms with van der Waals surface area (Å²) in [5, 5.41) is 46.5. The summed E-state index contributed by atoms with van der Waals surface area (Å²) in [7, 11) is 0. The maximum absolute atomic E-state index is 11.9. The molecular weight excluding hydrogens is 344 g/mol. The van der Waals surface area contributed by atoms with Gasteiger partial charge in [0, 0.05) is 17.2 Å². The van der Waals surface area contributed by atoms with Gasteiger partial charge >= 0.3 is 0 Å². The molecule has 0 bridgehead atoms. The lowest BCUT2D eigenvalue weighted by molar-refractivity contribution is -0.118. The highest BCUT2D eigenvalue weighted by Gasteiger charge is 2.19. The van der Waals surface area contributed by atoms with E-state index in [2.05, 4.69) is 11.8 Å². The fourth-order valence-corrected chi connectivity index (χ4v) is 1.96. The van der Waals surface area contributed by atoms with E-state index in [0.29, 0.717) is 5.56 Å². The minimum Gasteiger partial charge on any atom is -0.508 e. The zero-order valence-corrected chi connectivity index (χ0v) is 13.3. The average Bonchev–Trinajstić information content (AvgIpc) is 2.57. The van der Waals surface area contributed by atoms with Crippen LogP contribution in [0.1, 0.15) is 15.9 Å². The maximum Gasteiger partial charge on any atom is 0.231 e. The van der Waals surface area contributed by atoms with E-state index in [1.807, 2.05) is 0 Å². The van der Waals surface area contributed by atoms with E-state index in [9.17, 15) is 35.1 Å². The molecule has 2 aromatic carbocycles. The van der Waals surface area contributed by atoms with Crippen LogP contribution in [0.3, 0.4) is 0 Å². The molecule has 0 saturated heterocycles. The molecule has 0 aromatic heterocycles. The van der Waals surface area contributed by atoms with Gasteiger partial charge in [-0.15, -0.1) is 0 Å². The molecule has 0 aliphatic rings. The Morgan fingerprint density at radius 1 is 0.885 bits per heavy atom. The number of Topliss-reactive ketones (excluding diaryl/α,β-unsaturated/α-hetero) is 2. The topological polar surface area (TPSA) is 145 Å². The van der Waals surface area contributed by atoms with Crippen molar-refractivity contribution in [3.8, 4) is 40.6 Å². The number of hydrogen-bond acceptors (Lipinski definition) is 8. The van der Waals surface area contributed by atoms with Gasteiger partial charge in [-0.2, -0.15) is 0 Å². The summed E-state index contributed by atoms with van der Waals surface area (Å²) < 4.78 is 4.96. The molecule has 0 spiro atoms. The average molecular weight is 358 g/mol. The highest BCUT2D eigenvalue weighted by atomic mass is 16.5. The molecule has 0 aliphatic carbocycles. The van der Waals surface area contributed by atoms with E-state index >= 15 is 0 Å². The van der Waals surface area contributed by atoms with Gasteiger partial charge in [-0.25, -0.2) is 0 Å². The monoisotopic (exact) mass is 358 g/mol. The van der Waals surface area contributed by atoms with Crippen LogP contribution in [-0.4, -0.2) is 50.3 Å². The van der Waals surface area contributed by atoms with Gasteiger partial charge < -0.3 is 30.3 Å². The Bertz CT molecular complexity index is 877. The summed E-state index contributed by atoms with van der Waals surface area (Å²) >= 11 is 0. The zero-order chi connectivity index (χ0) is 19.3. The summed E-state index contributed by atoms with van der Waals surface area (Å²) in [5.41, 5.74) is 0.0382. The van der Waals surface area contributed by atoms with Crippen molar-refractivity contribution in [2.75, 3.05) is 13.2 Å². The molecule has 2 aromatic rings. The molecule has 0 atom stereocenters. The number of ketones is 2. The van der Waals surface area contributed by atoms with E-state index in [0.717, 1.165) is 18.2 Å². The van der Waals surface area contributed by atoms with E-state index in [-0.39, 0.29) is 23.7 Å². The number of ether oxygens (including phenoxy) is 1. The fourth-order valence-electron chi connectivity index (χ4n) is 1.96. The Morgan fingerprint density at radius 2 is 1.46 bits per heavy atom. The molecule has 134 valence electrons. The van der Waals surface area contributed by atoms with Crippen molar-refractivity contribution in [1.29, 1.82) is 0 Å². The lowest BCUT2D eigenvalue weighted by Gasteiger charge is -2.04. The summed E-state index contributed by atoms with van der Waals surface area (Å²) in [6.45, 7) is -0.775. The Morgan fingerprint density at radius 3 is 2.04 bits per heavy atom. The minimum atomic E-state index is -1.01. The molecule has 0 radical (unpaired) electrons. The predicted molar refractivity (Wildman–Crippen MR) is 88.2 cm³/mol. The van der Waals surface area contributed by atoms with Crippen LogP contribution in [0.4, 0.5) is 0 Å². The number of rotatable bonds is 5.